The molecule has 0 saturated carbocycles. The van der Waals surface area contributed by atoms with E-state index >= 15 is 0 Å². The molecule has 3 aromatic rings. The van der Waals surface area contributed by atoms with Gasteiger partial charge in [-0.05, 0) is 24.3 Å². The van der Waals surface area contributed by atoms with Crippen LogP contribution in [0.4, 0.5) is 0 Å². The summed E-state index contributed by atoms with van der Waals surface area (Å²) in [7, 11) is 0. The van der Waals surface area contributed by atoms with E-state index < -0.39 is 6.10 Å². The number of pyridine rings is 1. The molecular formula is C15H11BrClNOS. The number of halogens is 2. The van der Waals surface area contributed by atoms with Crippen molar-refractivity contribution in [1.82, 2.24) is 4.98 Å². The molecule has 0 fully saturated rings. The minimum atomic E-state index is -0.588. The van der Waals surface area contributed by atoms with Gasteiger partial charge in [0.1, 0.15) is 0 Å². The van der Waals surface area contributed by atoms with E-state index in [0.717, 1.165) is 30.2 Å². The Bertz CT molecular complexity index is 758. The summed E-state index contributed by atoms with van der Waals surface area (Å²) in [6, 6.07) is 11.5. The van der Waals surface area contributed by atoms with Crippen LogP contribution in [0.25, 0.3) is 10.9 Å². The Morgan fingerprint density at radius 3 is 2.85 bits per heavy atom. The molecule has 0 bridgehead atoms. The van der Waals surface area contributed by atoms with E-state index in [4.69, 9.17) is 11.6 Å². The second kappa shape index (κ2) is 5.82. The number of aromatic nitrogens is 1. The topological polar surface area (TPSA) is 33.1 Å². The Balaban J connectivity index is 1.99. The van der Waals surface area contributed by atoms with Gasteiger partial charge in [0.15, 0.2) is 0 Å². The van der Waals surface area contributed by atoms with Gasteiger partial charge in [-0.25, -0.2) is 0 Å². The van der Waals surface area contributed by atoms with Gasteiger partial charge in [0, 0.05) is 32.9 Å². The third kappa shape index (κ3) is 2.74. The van der Waals surface area contributed by atoms with Gasteiger partial charge in [-0.3, -0.25) is 4.98 Å². The van der Waals surface area contributed by atoms with Crippen molar-refractivity contribution in [2.24, 2.45) is 0 Å². The van der Waals surface area contributed by atoms with Crippen molar-refractivity contribution in [3.05, 3.63) is 61.8 Å². The summed E-state index contributed by atoms with van der Waals surface area (Å²) in [5.74, 6) is 0. The molecule has 0 aliphatic carbocycles. The van der Waals surface area contributed by atoms with Crippen molar-refractivity contribution in [2.75, 3.05) is 0 Å². The zero-order chi connectivity index (χ0) is 14.1. The first-order chi connectivity index (χ1) is 9.65. The van der Waals surface area contributed by atoms with E-state index in [0.29, 0.717) is 6.42 Å². The molecule has 3 rings (SSSR count). The van der Waals surface area contributed by atoms with Crippen LogP contribution in [-0.2, 0) is 6.42 Å². The van der Waals surface area contributed by atoms with Crippen LogP contribution in [0.5, 0.6) is 0 Å². The number of thiophene rings is 1. The Morgan fingerprint density at radius 2 is 2.10 bits per heavy atom. The van der Waals surface area contributed by atoms with Crippen molar-refractivity contribution in [2.45, 2.75) is 12.5 Å². The number of fused-ring (bicyclic) bond motifs is 1. The van der Waals surface area contributed by atoms with E-state index in [-0.39, 0.29) is 0 Å². The lowest BCUT2D eigenvalue weighted by molar-refractivity contribution is 0.181. The number of nitrogens with zero attached hydrogens (tertiary/aromatic N) is 1. The summed E-state index contributed by atoms with van der Waals surface area (Å²) in [5, 5.41) is 11.5. The average molecular weight is 369 g/mol. The predicted octanol–water partition coefficient (Wildman–Crippen LogP) is 4.99. The first-order valence-corrected chi connectivity index (χ1v) is 8.09. The fourth-order valence-electron chi connectivity index (χ4n) is 2.19. The van der Waals surface area contributed by atoms with Crippen molar-refractivity contribution in [1.29, 1.82) is 0 Å². The van der Waals surface area contributed by atoms with Gasteiger partial charge in [-0.1, -0.05) is 39.7 Å². The number of hydrogen-bond donors (Lipinski definition) is 1. The van der Waals surface area contributed by atoms with Crippen molar-refractivity contribution in [3.8, 4) is 0 Å². The lowest BCUT2D eigenvalue weighted by Gasteiger charge is -2.13. The third-order valence-electron chi connectivity index (χ3n) is 3.13. The maximum absolute atomic E-state index is 10.5. The second-order valence-electron chi connectivity index (χ2n) is 4.46. The van der Waals surface area contributed by atoms with Gasteiger partial charge in [-0.15, -0.1) is 11.3 Å². The van der Waals surface area contributed by atoms with Crippen molar-refractivity contribution in [3.63, 3.8) is 0 Å². The molecule has 0 amide bonds. The zero-order valence-corrected chi connectivity index (χ0v) is 13.5. The minimum absolute atomic E-state index is 0.546. The van der Waals surface area contributed by atoms with Crippen LogP contribution >= 0.6 is 38.9 Å². The summed E-state index contributed by atoms with van der Waals surface area (Å²) < 4.78 is 1.72. The molecule has 0 spiro atoms. The number of benzene rings is 1. The van der Waals surface area contributed by atoms with Gasteiger partial charge >= 0.3 is 0 Å². The zero-order valence-electron chi connectivity index (χ0n) is 10.4. The minimum Gasteiger partial charge on any atom is -0.388 e. The Hall–Kier alpha value is -0.940. The van der Waals surface area contributed by atoms with Gasteiger partial charge < -0.3 is 5.11 Å². The van der Waals surface area contributed by atoms with Crippen LogP contribution < -0.4 is 0 Å². The number of rotatable bonds is 3. The van der Waals surface area contributed by atoms with E-state index in [2.05, 4.69) is 20.9 Å². The highest BCUT2D eigenvalue weighted by Crippen LogP contribution is 2.32. The molecule has 2 aromatic heterocycles. The molecular weight excluding hydrogens is 358 g/mol. The molecule has 1 unspecified atom stereocenters. The fraction of sp³-hybridized carbons (Fsp3) is 0.133. The third-order valence-corrected chi connectivity index (χ3v) is 5.08. The molecule has 1 atom stereocenters. The van der Waals surface area contributed by atoms with E-state index in [1.54, 1.807) is 6.20 Å². The SMILES string of the molecule is OC(Cc1ccc(Cl)s1)c1ccc(Br)c2cccnc12. The summed E-state index contributed by atoms with van der Waals surface area (Å²) in [6.07, 6.45) is 1.70. The molecule has 0 radical (unpaired) electrons. The lowest BCUT2D eigenvalue weighted by Crippen LogP contribution is -2.02. The van der Waals surface area contributed by atoms with Crippen LogP contribution in [0.2, 0.25) is 4.34 Å². The monoisotopic (exact) mass is 367 g/mol. The standard InChI is InChI=1S/C15H11BrClNOS/c16-12-5-4-11(15-10(12)2-1-7-18-15)13(19)8-9-3-6-14(17)20-9/h1-7,13,19H,8H2. The highest BCUT2D eigenvalue weighted by atomic mass is 79.9. The molecule has 5 heteroatoms. The summed E-state index contributed by atoms with van der Waals surface area (Å²) >= 11 is 10.9. The molecule has 0 saturated heterocycles. The molecule has 102 valence electrons. The number of hydrogen-bond acceptors (Lipinski definition) is 3. The molecule has 1 N–H and O–H groups in total. The van der Waals surface area contributed by atoms with Crippen LogP contribution in [0.1, 0.15) is 16.5 Å². The van der Waals surface area contributed by atoms with Crippen LogP contribution in [-0.4, -0.2) is 10.1 Å². The summed E-state index contributed by atoms with van der Waals surface area (Å²) in [5.41, 5.74) is 1.67. The quantitative estimate of drug-likeness (QED) is 0.706. The van der Waals surface area contributed by atoms with Crippen LogP contribution in [0.3, 0.4) is 0 Å². The molecule has 0 aliphatic heterocycles. The van der Waals surface area contributed by atoms with Gasteiger partial charge in [-0.2, -0.15) is 0 Å². The maximum Gasteiger partial charge on any atom is 0.0931 e. The van der Waals surface area contributed by atoms with E-state index in [1.165, 1.54) is 11.3 Å². The normalized spacial score (nSPS) is 12.8. The number of aliphatic hydroxyl groups excluding tert-OH is 1. The van der Waals surface area contributed by atoms with Gasteiger partial charge in [0.25, 0.3) is 0 Å². The molecule has 2 nitrogen and oxygen atoms in total. The Kier molecular flexibility index (Phi) is 4.08. The van der Waals surface area contributed by atoms with Gasteiger partial charge in [0.05, 0.1) is 16.0 Å². The van der Waals surface area contributed by atoms with E-state index in [9.17, 15) is 5.11 Å². The lowest BCUT2D eigenvalue weighted by atomic mass is 10.0. The Morgan fingerprint density at radius 1 is 1.25 bits per heavy atom. The first-order valence-electron chi connectivity index (χ1n) is 6.10. The second-order valence-corrected chi connectivity index (χ2v) is 7.12. The Labute approximate surface area is 134 Å². The fourth-order valence-corrected chi connectivity index (χ4v) is 3.77. The summed E-state index contributed by atoms with van der Waals surface area (Å²) in [6.45, 7) is 0. The molecule has 2 heterocycles. The predicted molar refractivity (Wildman–Crippen MR) is 87.4 cm³/mol. The molecule has 0 aliphatic rings. The highest BCUT2D eigenvalue weighted by molar-refractivity contribution is 9.10. The van der Waals surface area contributed by atoms with Crippen molar-refractivity contribution >= 4 is 49.8 Å². The highest BCUT2D eigenvalue weighted by Gasteiger charge is 2.15. The molecule has 1 aromatic carbocycles. The molecule has 20 heavy (non-hydrogen) atoms. The van der Waals surface area contributed by atoms with E-state index in [1.807, 2.05) is 36.4 Å². The van der Waals surface area contributed by atoms with Gasteiger partial charge in [0.2, 0.25) is 0 Å². The first kappa shape index (κ1) is 14.0. The van der Waals surface area contributed by atoms with Crippen LogP contribution in [0, 0.1) is 0 Å². The summed E-state index contributed by atoms with van der Waals surface area (Å²) in [4.78, 5) is 5.46. The smallest absolute Gasteiger partial charge is 0.0931 e. The maximum atomic E-state index is 10.5. The van der Waals surface area contributed by atoms with Crippen molar-refractivity contribution < 1.29 is 5.11 Å². The van der Waals surface area contributed by atoms with Crippen LogP contribution in [0.15, 0.2) is 47.1 Å². The largest absolute Gasteiger partial charge is 0.388 e. The number of aliphatic hydroxyl groups is 1. The average Bonchev–Trinajstić information content (AvgIpc) is 2.84.